The summed E-state index contributed by atoms with van der Waals surface area (Å²) in [7, 11) is 0. The monoisotopic (exact) mass is 534 g/mol. The second-order valence-electron chi connectivity index (χ2n) is 9.80. The van der Waals surface area contributed by atoms with Gasteiger partial charge in [-0.3, -0.25) is 14.4 Å². The molecule has 0 heterocycles. The van der Waals surface area contributed by atoms with Crippen LogP contribution in [0.1, 0.15) is 49.5 Å². The lowest BCUT2D eigenvalue weighted by Gasteiger charge is -2.39. The smallest absolute Gasteiger partial charge is 0.326 e. The summed E-state index contributed by atoms with van der Waals surface area (Å²) in [5.74, 6) is -3.83. The molecule has 0 radical (unpaired) electrons. The third-order valence-corrected chi connectivity index (χ3v) is 8.10. The molecule has 4 N–H and O–H groups in total. The Bertz CT molecular complexity index is 1180. The van der Waals surface area contributed by atoms with Crippen molar-refractivity contribution in [3.8, 4) is 0 Å². The van der Waals surface area contributed by atoms with E-state index in [1.807, 2.05) is 0 Å². The highest BCUT2D eigenvalue weighted by Crippen LogP contribution is 2.56. The van der Waals surface area contributed by atoms with Crippen molar-refractivity contribution in [3.63, 3.8) is 0 Å². The minimum atomic E-state index is -1.21. The Hall–Kier alpha value is -3.10. The lowest BCUT2D eigenvalue weighted by atomic mass is 9.65. The van der Waals surface area contributed by atoms with Crippen LogP contribution in [-0.4, -0.2) is 40.0 Å². The normalized spacial score (nSPS) is 21.4. The third-order valence-electron chi connectivity index (χ3n) is 7.47. The van der Waals surface area contributed by atoms with Crippen molar-refractivity contribution in [1.82, 2.24) is 5.32 Å². The van der Waals surface area contributed by atoms with Crippen LogP contribution in [0.2, 0.25) is 10.0 Å². The van der Waals surface area contributed by atoms with Crippen molar-refractivity contribution in [2.75, 3.05) is 5.32 Å². The van der Waals surface area contributed by atoms with Gasteiger partial charge in [-0.1, -0.05) is 62.2 Å². The summed E-state index contributed by atoms with van der Waals surface area (Å²) in [6, 6.07) is 10.0. The molecular formula is C26H28Cl2N2O6. The molecule has 2 aromatic carbocycles. The second-order valence-corrected chi connectivity index (χ2v) is 10.6. The molecule has 1 saturated carbocycles. The van der Waals surface area contributed by atoms with Crippen LogP contribution >= 0.6 is 23.2 Å². The molecule has 0 aliphatic heterocycles. The average molecular weight is 535 g/mol. The minimum absolute atomic E-state index is 0.00447. The van der Waals surface area contributed by atoms with Gasteiger partial charge in [-0.05, 0) is 48.1 Å². The first kappa shape index (κ1) is 27.5. The summed E-state index contributed by atoms with van der Waals surface area (Å²) in [6.45, 7) is 5.15. The number of amides is 2. The molecule has 8 nitrogen and oxygen atoms in total. The van der Waals surface area contributed by atoms with Crippen LogP contribution < -0.4 is 10.6 Å². The Morgan fingerprint density at radius 2 is 1.58 bits per heavy atom. The fourth-order valence-electron chi connectivity index (χ4n) is 4.72. The number of carboxylic acids is 2. The summed E-state index contributed by atoms with van der Waals surface area (Å²) < 4.78 is 0. The molecule has 1 aliphatic rings. The number of carbonyl (C=O) groups excluding carboxylic acids is 2. The van der Waals surface area contributed by atoms with E-state index in [0.717, 1.165) is 0 Å². The molecular weight excluding hydrogens is 507 g/mol. The molecule has 1 aliphatic carbocycles. The summed E-state index contributed by atoms with van der Waals surface area (Å²) >= 11 is 12.2. The highest BCUT2D eigenvalue weighted by Gasteiger charge is 2.58. The van der Waals surface area contributed by atoms with Gasteiger partial charge in [-0.15, -0.1) is 0 Å². The van der Waals surface area contributed by atoms with E-state index < -0.39 is 46.5 Å². The Balaban J connectivity index is 1.70. The maximum atomic E-state index is 13.2. The fourth-order valence-corrected chi connectivity index (χ4v) is 5.29. The quantitative estimate of drug-likeness (QED) is 0.381. The van der Waals surface area contributed by atoms with Gasteiger partial charge in [0.15, 0.2) is 0 Å². The van der Waals surface area contributed by atoms with Crippen molar-refractivity contribution in [2.24, 2.45) is 16.7 Å². The summed E-state index contributed by atoms with van der Waals surface area (Å²) in [5, 5.41) is 25.0. The molecule has 0 saturated heterocycles. The van der Waals surface area contributed by atoms with Gasteiger partial charge in [0.05, 0.1) is 26.9 Å². The van der Waals surface area contributed by atoms with Gasteiger partial charge in [0.25, 0.3) is 5.91 Å². The van der Waals surface area contributed by atoms with E-state index in [1.54, 1.807) is 63.2 Å². The Kier molecular flexibility index (Phi) is 8.00. The van der Waals surface area contributed by atoms with E-state index in [1.165, 1.54) is 0 Å². The number of halogens is 2. The van der Waals surface area contributed by atoms with E-state index in [4.69, 9.17) is 23.2 Å². The lowest BCUT2D eigenvalue weighted by molar-refractivity contribution is -0.151. The van der Waals surface area contributed by atoms with Gasteiger partial charge in [0.1, 0.15) is 6.04 Å². The van der Waals surface area contributed by atoms with E-state index in [9.17, 15) is 29.4 Å². The molecule has 0 bridgehead atoms. The molecule has 0 aromatic heterocycles. The maximum absolute atomic E-state index is 13.2. The first-order valence-corrected chi connectivity index (χ1v) is 12.1. The first-order chi connectivity index (χ1) is 16.8. The Morgan fingerprint density at radius 1 is 1.00 bits per heavy atom. The molecule has 36 heavy (non-hydrogen) atoms. The lowest BCUT2D eigenvalue weighted by Crippen LogP contribution is -2.53. The van der Waals surface area contributed by atoms with E-state index >= 15 is 0 Å². The third kappa shape index (κ3) is 5.34. The number of nitrogens with one attached hydrogen (secondary N) is 2. The predicted molar refractivity (Wildman–Crippen MR) is 136 cm³/mol. The number of anilines is 1. The van der Waals surface area contributed by atoms with E-state index in [0.29, 0.717) is 24.1 Å². The van der Waals surface area contributed by atoms with Gasteiger partial charge in [0.2, 0.25) is 5.91 Å². The zero-order chi connectivity index (χ0) is 26.8. The van der Waals surface area contributed by atoms with Gasteiger partial charge in [-0.2, -0.15) is 0 Å². The second kappa shape index (κ2) is 10.5. The van der Waals surface area contributed by atoms with Gasteiger partial charge < -0.3 is 20.8 Å². The number of rotatable bonds is 8. The van der Waals surface area contributed by atoms with Gasteiger partial charge >= 0.3 is 11.9 Å². The predicted octanol–water partition coefficient (Wildman–Crippen LogP) is 4.88. The van der Waals surface area contributed by atoms with Gasteiger partial charge in [0, 0.05) is 12.1 Å². The van der Waals surface area contributed by atoms with Crippen LogP contribution in [0.25, 0.3) is 0 Å². The fraction of sp³-hybridized carbons (Fsp3) is 0.385. The van der Waals surface area contributed by atoms with Crippen LogP contribution in [0, 0.1) is 16.7 Å². The maximum Gasteiger partial charge on any atom is 0.326 e. The van der Waals surface area contributed by atoms with E-state index in [-0.39, 0.29) is 22.0 Å². The Morgan fingerprint density at radius 3 is 2.08 bits per heavy atom. The zero-order valence-electron chi connectivity index (χ0n) is 20.1. The Labute approximate surface area is 219 Å². The average Bonchev–Trinajstić information content (AvgIpc) is 3.04. The van der Waals surface area contributed by atoms with Crippen molar-refractivity contribution in [2.45, 2.75) is 46.1 Å². The van der Waals surface area contributed by atoms with Crippen molar-refractivity contribution in [1.29, 1.82) is 0 Å². The molecule has 3 rings (SSSR count). The topological polar surface area (TPSA) is 133 Å². The standard InChI is InChI=1S/C26H28Cl2N2O6/c1-25(2)16(22(32)33)11-12-26(25,3)24(36)30-19(23(34)35)13-14-7-9-15(10-8-14)29-21(31)20-17(27)5-4-6-18(20)28/h4-10,16,19H,11-13H2,1-3H3,(H,29,31)(H,30,36)(H,32,33)(H,34,35)/t16-,19+,26+/m0/s1. The highest BCUT2D eigenvalue weighted by atomic mass is 35.5. The van der Waals surface area contributed by atoms with Crippen molar-refractivity contribution < 1.29 is 29.4 Å². The largest absolute Gasteiger partial charge is 0.481 e. The molecule has 0 spiro atoms. The number of hydrogen-bond donors (Lipinski definition) is 4. The van der Waals surface area contributed by atoms with Crippen LogP contribution in [0.3, 0.4) is 0 Å². The molecule has 192 valence electrons. The highest BCUT2D eigenvalue weighted by molar-refractivity contribution is 6.40. The number of benzene rings is 2. The molecule has 1 fully saturated rings. The van der Waals surface area contributed by atoms with Crippen LogP contribution in [-0.2, 0) is 20.8 Å². The molecule has 2 aromatic rings. The molecule has 2 amide bonds. The molecule has 0 unspecified atom stereocenters. The van der Waals surface area contributed by atoms with Crippen LogP contribution in [0.15, 0.2) is 42.5 Å². The number of carboxylic acid groups (broad SMARTS) is 2. The molecule has 10 heteroatoms. The SMILES string of the molecule is CC1(C)[C@H](C(=O)O)CC[C@]1(C)C(=O)N[C@H](Cc1ccc(NC(=O)c2c(Cl)cccc2Cl)cc1)C(=O)O. The van der Waals surface area contributed by atoms with Crippen LogP contribution in [0.5, 0.6) is 0 Å². The molecule has 3 atom stereocenters. The number of hydrogen-bond acceptors (Lipinski definition) is 4. The zero-order valence-corrected chi connectivity index (χ0v) is 21.6. The summed E-state index contributed by atoms with van der Waals surface area (Å²) in [6.07, 6.45) is 0.695. The number of carbonyl (C=O) groups is 4. The minimum Gasteiger partial charge on any atom is -0.481 e. The van der Waals surface area contributed by atoms with Gasteiger partial charge in [-0.25, -0.2) is 4.79 Å². The summed E-state index contributed by atoms with van der Waals surface area (Å²) in [5.41, 5.74) is -0.660. The van der Waals surface area contributed by atoms with Crippen molar-refractivity contribution in [3.05, 3.63) is 63.6 Å². The van der Waals surface area contributed by atoms with E-state index in [2.05, 4.69) is 10.6 Å². The number of aliphatic carboxylic acids is 2. The van der Waals surface area contributed by atoms with Crippen molar-refractivity contribution >= 4 is 52.6 Å². The summed E-state index contributed by atoms with van der Waals surface area (Å²) in [4.78, 5) is 49.3. The van der Waals surface area contributed by atoms with Crippen LogP contribution in [0.4, 0.5) is 5.69 Å². The first-order valence-electron chi connectivity index (χ1n) is 11.4.